The van der Waals surface area contributed by atoms with Gasteiger partial charge in [-0.2, -0.15) is 0 Å². The molecule has 1 atom stereocenters. The van der Waals surface area contributed by atoms with Gasteiger partial charge in [0.05, 0.1) is 13.2 Å². The smallest absolute Gasteiger partial charge is 0.251 e. The van der Waals surface area contributed by atoms with Gasteiger partial charge in [-0.05, 0) is 42.8 Å². The lowest BCUT2D eigenvalue weighted by molar-refractivity contribution is 0.0940. The maximum Gasteiger partial charge on any atom is 0.251 e. The van der Waals surface area contributed by atoms with Gasteiger partial charge in [0.1, 0.15) is 5.75 Å². The van der Waals surface area contributed by atoms with Gasteiger partial charge in [0.2, 0.25) is 0 Å². The Morgan fingerprint density at radius 2 is 1.90 bits per heavy atom. The molecule has 3 nitrogen and oxygen atoms in total. The quantitative estimate of drug-likeness (QED) is 0.856. The highest BCUT2D eigenvalue weighted by Gasteiger charge is 2.12. The van der Waals surface area contributed by atoms with Crippen molar-refractivity contribution in [1.29, 1.82) is 0 Å². The average molecular weight is 369 g/mol. The van der Waals surface area contributed by atoms with Crippen molar-refractivity contribution in [2.24, 2.45) is 0 Å². The van der Waals surface area contributed by atoms with E-state index in [0.717, 1.165) is 15.8 Å². The second-order valence-corrected chi connectivity index (χ2v) is 5.98. The highest BCUT2D eigenvalue weighted by atomic mass is 79.9. The van der Waals surface area contributed by atoms with Gasteiger partial charge in [0, 0.05) is 15.1 Å². The Bertz CT molecular complexity index is 623. The summed E-state index contributed by atoms with van der Waals surface area (Å²) < 4.78 is 5.89. The molecule has 1 amide bonds. The summed E-state index contributed by atoms with van der Waals surface area (Å²) in [5.41, 5.74) is 1.53. The average Bonchev–Trinajstić information content (AvgIpc) is 2.46. The van der Waals surface area contributed by atoms with Gasteiger partial charge >= 0.3 is 0 Å². The molecule has 1 N–H and O–H groups in total. The fraction of sp³-hybridized carbons (Fsp3) is 0.188. The number of nitrogens with one attached hydrogen (secondary N) is 1. The van der Waals surface area contributed by atoms with Crippen molar-refractivity contribution in [1.82, 2.24) is 5.32 Å². The molecule has 0 aliphatic heterocycles. The number of amides is 1. The number of carbonyl (C=O) groups is 1. The molecule has 0 heterocycles. The predicted molar refractivity (Wildman–Crippen MR) is 88.0 cm³/mol. The molecule has 0 bridgehead atoms. The molecule has 1 unspecified atom stereocenters. The third-order valence-corrected chi connectivity index (χ3v) is 3.76. The number of rotatable bonds is 4. The van der Waals surface area contributed by atoms with E-state index in [1.165, 1.54) is 0 Å². The molecule has 0 spiro atoms. The fourth-order valence-electron chi connectivity index (χ4n) is 1.94. The standard InChI is InChI=1S/C16H15BrClNO2/c1-10(11-3-5-15(21-2)6-4-11)19-16(20)12-7-13(17)9-14(18)8-12/h3-10H,1-2H3,(H,19,20). The highest BCUT2D eigenvalue weighted by molar-refractivity contribution is 9.10. The Kier molecular flexibility index (Phi) is 5.26. The molecule has 2 rings (SSSR count). The molecule has 2 aromatic carbocycles. The minimum Gasteiger partial charge on any atom is -0.497 e. The summed E-state index contributed by atoms with van der Waals surface area (Å²) in [5.74, 6) is 0.623. The molecule has 0 saturated carbocycles. The Morgan fingerprint density at radius 1 is 1.24 bits per heavy atom. The maximum atomic E-state index is 12.2. The SMILES string of the molecule is COc1ccc(C(C)NC(=O)c2cc(Cl)cc(Br)c2)cc1. The second-order valence-electron chi connectivity index (χ2n) is 4.63. The van der Waals surface area contributed by atoms with Crippen LogP contribution in [0.3, 0.4) is 0 Å². The second kappa shape index (κ2) is 6.96. The van der Waals surface area contributed by atoms with Crippen molar-refractivity contribution in [3.05, 3.63) is 63.1 Å². The lowest BCUT2D eigenvalue weighted by atomic mass is 10.1. The first-order chi connectivity index (χ1) is 9.99. The zero-order valence-electron chi connectivity index (χ0n) is 11.7. The van der Waals surface area contributed by atoms with E-state index in [0.29, 0.717) is 10.6 Å². The van der Waals surface area contributed by atoms with Crippen molar-refractivity contribution >= 4 is 33.4 Å². The van der Waals surface area contributed by atoms with E-state index >= 15 is 0 Å². The lowest BCUT2D eigenvalue weighted by Gasteiger charge is -2.15. The number of ether oxygens (including phenoxy) is 1. The van der Waals surface area contributed by atoms with Crippen LogP contribution in [0.1, 0.15) is 28.9 Å². The van der Waals surface area contributed by atoms with Gasteiger partial charge in [0.15, 0.2) is 0 Å². The number of hydrogen-bond acceptors (Lipinski definition) is 2. The molecule has 2 aromatic rings. The molecular formula is C16H15BrClNO2. The van der Waals surface area contributed by atoms with Crippen molar-refractivity contribution < 1.29 is 9.53 Å². The van der Waals surface area contributed by atoms with Gasteiger partial charge in [0.25, 0.3) is 5.91 Å². The number of benzene rings is 2. The maximum absolute atomic E-state index is 12.2. The topological polar surface area (TPSA) is 38.3 Å². The van der Waals surface area contributed by atoms with Crippen LogP contribution in [-0.4, -0.2) is 13.0 Å². The van der Waals surface area contributed by atoms with E-state index in [1.807, 2.05) is 31.2 Å². The predicted octanol–water partition coefficient (Wildman–Crippen LogP) is 4.60. The van der Waals surface area contributed by atoms with Crippen LogP contribution in [0.2, 0.25) is 5.02 Å². The molecule has 110 valence electrons. The lowest BCUT2D eigenvalue weighted by Crippen LogP contribution is -2.26. The third-order valence-electron chi connectivity index (χ3n) is 3.09. The number of hydrogen-bond donors (Lipinski definition) is 1. The molecule has 0 aromatic heterocycles. The van der Waals surface area contributed by atoms with Crippen LogP contribution in [0.5, 0.6) is 5.75 Å². The first-order valence-electron chi connectivity index (χ1n) is 6.40. The molecule has 0 radical (unpaired) electrons. The summed E-state index contributed by atoms with van der Waals surface area (Å²) in [6.07, 6.45) is 0. The molecule has 0 aliphatic carbocycles. The summed E-state index contributed by atoms with van der Waals surface area (Å²) in [5, 5.41) is 3.47. The summed E-state index contributed by atoms with van der Waals surface area (Å²) in [6.45, 7) is 1.93. The zero-order valence-corrected chi connectivity index (χ0v) is 14.0. The molecule has 0 fully saturated rings. The van der Waals surface area contributed by atoms with E-state index in [2.05, 4.69) is 21.2 Å². The van der Waals surface area contributed by atoms with Crippen LogP contribution in [0.25, 0.3) is 0 Å². The van der Waals surface area contributed by atoms with Gasteiger partial charge in [-0.25, -0.2) is 0 Å². The molecule has 0 aliphatic rings. The van der Waals surface area contributed by atoms with Crippen LogP contribution >= 0.6 is 27.5 Å². The van der Waals surface area contributed by atoms with Crippen LogP contribution in [0, 0.1) is 0 Å². The molecular weight excluding hydrogens is 354 g/mol. The number of halogens is 2. The van der Waals surface area contributed by atoms with Gasteiger partial charge in [-0.3, -0.25) is 4.79 Å². The Morgan fingerprint density at radius 3 is 2.48 bits per heavy atom. The van der Waals surface area contributed by atoms with Crippen LogP contribution < -0.4 is 10.1 Å². The minimum absolute atomic E-state index is 0.110. The largest absolute Gasteiger partial charge is 0.497 e. The zero-order chi connectivity index (χ0) is 15.4. The molecule has 0 saturated heterocycles. The van der Waals surface area contributed by atoms with E-state index in [-0.39, 0.29) is 11.9 Å². The summed E-state index contributed by atoms with van der Waals surface area (Å²) in [6, 6.07) is 12.6. The minimum atomic E-state index is -0.165. The number of methoxy groups -OCH3 is 1. The Labute approximate surface area is 137 Å². The van der Waals surface area contributed by atoms with E-state index in [1.54, 1.807) is 25.3 Å². The normalized spacial score (nSPS) is 11.8. The molecule has 21 heavy (non-hydrogen) atoms. The van der Waals surface area contributed by atoms with E-state index in [4.69, 9.17) is 16.3 Å². The van der Waals surface area contributed by atoms with Crippen LogP contribution in [-0.2, 0) is 0 Å². The third kappa shape index (κ3) is 4.22. The van der Waals surface area contributed by atoms with Crippen LogP contribution in [0.4, 0.5) is 0 Å². The summed E-state index contributed by atoms with van der Waals surface area (Å²) >= 11 is 9.29. The summed E-state index contributed by atoms with van der Waals surface area (Å²) in [4.78, 5) is 12.2. The first kappa shape index (κ1) is 15.9. The van der Waals surface area contributed by atoms with Gasteiger partial charge in [-0.15, -0.1) is 0 Å². The summed E-state index contributed by atoms with van der Waals surface area (Å²) in [7, 11) is 1.62. The van der Waals surface area contributed by atoms with Crippen molar-refractivity contribution in [3.63, 3.8) is 0 Å². The van der Waals surface area contributed by atoms with E-state index in [9.17, 15) is 4.79 Å². The van der Waals surface area contributed by atoms with Gasteiger partial charge in [-0.1, -0.05) is 39.7 Å². The highest BCUT2D eigenvalue weighted by Crippen LogP contribution is 2.21. The Hall–Kier alpha value is -1.52. The van der Waals surface area contributed by atoms with Crippen molar-refractivity contribution in [3.8, 4) is 5.75 Å². The van der Waals surface area contributed by atoms with E-state index < -0.39 is 0 Å². The fourth-order valence-corrected chi connectivity index (χ4v) is 2.80. The van der Waals surface area contributed by atoms with Crippen molar-refractivity contribution in [2.45, 2.75) is 13.0 Å². The Balaban J connectivity index is 2.10. The first-order valence-corrected chi connectivity index (χ1v) is 7.57. The monoisotopic (exact) mass is 367 g/mol. The number of carbonyl (C=O) groups excluding carboxylic acids is 1. The molecule has 5 heteroatoms. The van der Waals surface area contributed by atoms with Gasteiger partial charge < -0.3 is 10.1 Å². The van der Waals surface area contributed by atoms with Crippen LogP contribution in [0.15, 0.2) is 46.9 Å². The van der Waals surface area contributed by atoms with Crippen molar-refractivity contribution in [2.75, 3.05) is 7.11 Å².